The topological polar surface area (TPSA) is 63.3 Å². The predicted octanol–water partition coefficient (Wildman–Crippen LogP) is 4.21. The number of aryl methyl sites for hydroxylation is 1. The van der Waals surface area contributed by atoms with E-state index in [0.29, 0.717) is 12.3 Å². The van der Waals surface area contributed by atoms with Crippen LogP contribution in [0.25, 0.3) is 5.69 Å². The maximum Gasteiger partial charge on any atom is 0.230 e. The van der Waals surface area contributed by atoms with Gasteiger partial charge in [0.2, 0.25) is 5.91 Å². The molecular weight excluding hydrogens is 396 g/mol. The average Bonchev–Trinajstić information content (AvgIpc) is 3.46. The minimum absolute atomic E-state index is 0.00731. The molecule has 6 nitrogen and oxygen atoms in total. The highest BCUT2D eigenvalue weighted by Crippen LogP contribution is 2.25. The molecule has 0 saturated carbocycles. The molecule has 1 atom stereocenters. The number of para-hydroxylation sites is 1. The second kappa shape index (κ2) is 10.00. The Morgan fingerprint density at radius 2 is 2.03 bits per heavy atom. The summed E-state index contributed by atoms with van der Waals surface area (Å²) in [6.07, 6.45) is 9.08. The summed E-state index contributed by atoms with van der Waals surface area (Å²) in [6.45, 7) is 4.72. The normalized spacial score (nSPS) is 15.8. The van der Waals surface area contributed by atoms with Crippen molar-refractivity contribution in [2.75, 3.05) is 25.4 Å². The summed E-state index contributed by atoms with van der Waals surface area (Å²) in [7, 11) is 0. The van der Waals surface area contributed by atoms with Crippen molar-refractivity contribution in [2.24, 2.45) is 0 Å². The van der Waals surface area contributed by atoms with E-state index in [1.165, 1.54) is 36.6 Å². The lowest BCUT2D eigenvalue weighted by Gasteiger charge is -2.33. The molecule has 1 N–H and O–H groups in total. The van der Waals surface area contributed by atoms with Gasteiger partial charge in [-0.1, -0.05) is 36.4 Å². The summed E-state index contributed by atoms with van der Waals surface area (Å²) in [5.74, 6) is 1.25. The molecule has 1 aliphatic heterocycles. The molecular formula is C23H28N4O2S. The van der Waals surface area contributed by atoms with Crippen LogP contribution in [-0.2, 0) is 4.79 Å². The van der Waals surface area contributed by atoms with Gasteiger partial charge in [-0.05, 0) is 56.6 Å². The highest BCUT2D eigenvalue weighted by molar-refractivity contribution is 7.99. The van der Waals surface area contributed by atoms with E-state index in [0.717, 1.165) is 29.7 Å². The Labute approximate surface area is 181 Å². The summed E-state index contributed by atoms with van der Waals surface area (Å²) >= 11 is 1.45. The third kappa shape index (κ3) is 4.96. The molecule has 1 fully saturated rings. The van der Waals surface area contributed by atoms with E-state index in [1.54, 1.807) is 12.5 Å². The van der Waals surface area contributed by atoms with Crippen molar-refractivity contribution in [2.45, 2.75) is 37.4 Å². The molecule has 2 aromatic heterocycles. The summed E-state index contributed by atoms with van der Waals surface area (Å²) < 4.78 is 7.70. The predicted molar refractivity (Wildman–Crippen MR) is 119 cm³/mol. The van der Waals surface area contributed by atoms with Crippen LogP contribution in [0.2, 0.25) is 0 Å². The maximum absolute atomic E-state index is 12.6. The molecule has 0 bridgehead atoms. The molecule has 1 amide bonds. The second-order valence-corrected chi connectivity index (χ2v) is 8.53. The molecule has 3 heterocycles. The molecule has 1 aromatic carbocycles. The first-order valence-electron chi connectivity index (χ1n) is 10.5. The number of rotatable bonds is 8. The fourth-order valence-corrected chi connectivity index (χ4v) is 4.72. The SMILES string of the molecule is Cc1ccccc1-n1ccnc1SCC(=O)NCC(c1ccco1)N1CCCCC1. The van der Waals surface area contributed by atoms with Gasteiger partial charge in [0.1, 0.15) is 5.76 Å². The van der Waals surface area contributed by atoms with E-state index in [2.05, 4.69) is 34.3 Å². The molecule has 158 valence electrons. The van der Waals surface area contributed by atoms with Gasteiger partial charge in [0.05, 0.1) is 23.7 Å². The van der Waals surface area contributed by atoms with Crippen molar-refractivity contribution in [1.82, 2.24) is 19.8 Å². The van der Waals surface area contributed by atoms with Crippen LogP contribution in [0, 0.1) is 6.92 Å². The minimum Gasteiger partial charge on any atom is -0.468 e. The number of aromatic nitrogens is 2. The number of nitrogens with zero attached hydrogens (tertiary/aromatic N) is 3. The van der Waals surface area contributed by atoms with E-state index in [1.807, 2.05) is 35.0 Å². The van der Waals surface area contributed by atoms with Crippen LogP contribution in [-0.4, -0.2) is 45.7 Å². The highest BCUT2D eigenvalue weighted by Gasteiger charge is 2.25. The van der Waals surface area contributed by atoms with Gasteiger partial charge in [-0.2, -0.15) is 0 Å². The second-order valence-electron chi connectivity index (χ2n) is 7.59. The van der Waals surface area contributed by atoms with Gasteiger partial charge < -0.3 is 9.73 Å². The number of hydrogen-bond donors (Lipinski definition) is 1. The van der Waals surface area contributed by atoms with Crippen molar-refractivity contribution in [3.63, 3.8) is 0 Å². The first-order chi connectivity index (χ1) is 14.7. The lowest BCUT2D eigenvalue weighted by molar-refractivity contribution is -0.118. The van der Waals surface area contributed by atoms with Gasteiger partial charge in [-0.3, -0.25) is 14.3 Å². The van der Waals surface area contributed by atoms with Crippen LogP contribution in [0.1, 0.15) is 36.6 Å². The van der Waals surface area contributed by atoms with Gasteiger partial charge in [-0.25, -0.2) is 4.98 Å². The molecule has 1 saturated heterocycles. The lowest BCUT2D eigenvalue weighted by atomic mass is 10.1. The number of hydrogen-bond acceptors (Lipinski definition) is 5. The molecule has 0 aliphatic carbocycles. The maximum atomic E-state index is 12.6. The standard InChI is InChI=1S/C23H28N4O2S/c1-18-8-3-4-9-19(18)27-14-11-24-23(27)30-17-22(28)25-16-20(21-10-7-15-29-21)26-12-5-2-6-13-26/h3-4,7-11,14-15,20H,2,5-6,12-13,16-17H2,1H3,(H,25,28). The van der Waals surface area contributed by atoms with Crippen molar-refractivity contribution in [1.29, 1.82) is 0 Å². The van der Waals surface area contributed by atoms with Crippen LogP contribution < -0.4 is 5.32 Å². The number of furan rings is 1. The van der Waals surface area contributed by atoms with Crippen LogP contribution in [0.3, 0.4) is 0 Å². The third-order valence-corrected chi connectivity index (χ3v) is 6.48. The lowest BCUT2D eigenvalue weighted by Crippen LogP contribution is -2.40. The monoisotopic (exact) mass is 424 g/mol. The van der Waals surface area contributed by atoms with E-state index in [9.17, 15) is 4.79 Å². The van der Waals surface area contributed by atoms with E-state index >= 15 is 0 Å². The fourth-order valence-electron chi connectivity index (χ4n) is 3.93. The van der Waals surface area contributed by atoms with Gasteiger partial charge in [-0.15, -0.1) is 0 Å². The Morgan fingerprint density at radius 1 is 1.20 bits per heavy atom. The Kier molecular flexibility index (Phi) is 6.92. The van der Waals surface area contributed by atoms with E-state index in [-0.39, 0.29) is 11.9 Å². The Hall–Kier alpha value is -2.51. The number of piperidine rings is 1. The number of carbonyl (C=O) groups excluding carboxylic acids is 1. The Morgan fingerprint density at radius 3 is 2.80 bits per heavy atom. The number of amides is 1. The highest BCUT2D eigenvalue weighted by atomic mass is 32.2. The van der Waals surface area contributed by atoms with E-state index < -0.39 is 0 Å². The molecule has 0 radical (unpaired) electrons. The first-order valence-corrected chi connectivity index (χ1v) is 11.5. The van der Waals surface area contributed by atoms with Gasteiger partial charge in [0.25, 0.3) is 0 Å². The minimum atomic E-state index is 0.00731. The molecule has 7 heteroatoms. The van der Waals surface area contributed by atoms with E-state index in [4.69, 9.17) is 4.42 Å². The number of likely N-dealkylation sites (tertiary alicyclic amines) is 1. The zero-order chi connectivity index (χ0) is 20.8. The Bertz CT molecular complexity index is 948. The number of nitrogens with one attached hydrogen (secondary N) is 1. The smallest absolute Gasteiger partial charge is 0.230 e. The summed E-state index contributed by atoms with van der Waals surface area (Å²) in [5, 5.41) is 3.92. The largest absolute Gasteiger partial charge is 0.468 e. The van der Waals surface area contributed by atoms with Gasteiger partial charge in [0, 0.05) is 18.9 Å². The van der Waals surface area contributed by atoms with Crippen molar-refractivity contribution in [3.05, 3.63) is 66.4 Å². The zero-order valence-corrected chi connectivity index (χ0v) is 18.1. The fraction of sp³-hybridized carbons (Fsp3) is 0.391. The molecule has 0 spiro atoms. The van der Waals surface area contributed by atoms with Crippen LogP contribution >= 0.6 is 11.8 Å². The van der Waals surface area contributed by atoms with Crippen molar-refractivity contribution >= 4 is 17.7 Å². The summed E-state index contributed by atoms with van der Waals surface area (Å²) in [6, 6.07) is 12.2. The number of benzene rings is 1. The first kappa shape index (κ1) is 20.8. The molecule has 1 aliphatic rings. The molecule has 1 unspecified atom stereocenters. The Balaban J connectivity index is 1.35. The molecule has 4 rings (SSSR count). The number of carbonyl (C=O) groups is 1. The van der Waals surface area contributed by atoms with Crippen molar-refractivity contribution < 1.29 is 9.21 Å². The van der Waals surface area contributed by atoms with Crippen LogP contribution in [0.4, 0.5) is 0 Å². The average molecular weight is 425 g/mol. The summed E-state index contributed by atoms with van der Waals surface area (Å²) in [4.78, 5) is 19.4. The summed E-state index contributed by atoms with van der Waals surface area (Å²) in [5.41, 5.74) is 2.26. The molecule has 3 aromatic rings. The number of thioether (sulfide) groups is 1. The third-order valence-electron chi connectivity index (χ3n) is 5.51. The molecule has 30 heavy (non-hydrogen) atoms. The van der Waals surface area contributed by atoms with Crippen LogP contribution in [0.15, 0.2) is 64.6 Å². The quantitative estimate of drug-likeness (QED) is 0.549. The van der Waals surface area contributed by atoms with Crippen LogP contribution in [0.5, 0.6) is 0 Å². The number of imidazole rings is 1. The van der Waals surface area contributed by atoms with Gasteiger partial charge >= 0.3 is 0 Å². The zero-order valence-electron chi connectivity index (χ0n) is 17.3. The van der Waals surface area contributed by atoms with Crippen molar-refractivity contribution in [3.8, 4) is 5.69 Å². The van der Waals surface area contributed by atoms with Gasteiger partial charge in [0.15, 0.2) is 5.16 Å².